The molecule has 0 aliphatic heterocycles. The number of nitrogens with zero attached hydrogens (tertiary/aromatic N) is 8. The second-order valence-corrected chi connectivity index (χ2v) is 25.4. The van der Waals surface area contributed by atoms with Crippen LogP contribution in [0.5, 0.6) is 0 Å². The molecule has 0 saturated heterocycles. The van der Waals surface area contributed by atoms with Crippen molar-refractivity contribution in [2.24, 2.45) is 0 Å². The van der Waals surface area contributed by atoms with E-state index in [0.717, 1.165) is 139 Å². The normalized spacial score (nSPS) is 13.6. The topological polar surface area (TPSA) is 137 Å². The van der Waals surface area contributed by atoms with Crippen LogP contribution in [0.4, 0.5) is 0 Å². The Morgan fingerprint density at radius 1 is 0.291 bits per heavy atom. The minimum Gasteiger partial charge on any atom is -0.268 e. The molecule has 0 atom stereocenters. The van der Waals surface area contributed by atoms with Gasteiger partial charge in [-0.05, 0) is 182 Å². The lowest BCUT2D eigenvalue weighted by Crippen LogP contribution is -2.48. The third-order valence-electron chi connectivity index (χ3n) is 22.6. The van der Waals surface area contributed by atoms with Crippen molar-refractivity contribution in [3.05, 3.63) is 185 Å². The van der Waals surface area contributed by atoms with Crippen LogP contribution in [0.1, 0.15) is 143 Å². The fourth-order valence-electron chi connectivity index (χ4n) is 16.7. The Kier molecular flexibility index (Phi) is 10.8. The average molecular weight is 1130 g/mol. The minimum atomic E-state index is -0.443. The molecule has 0 bridgehead atoms. The van der Waals surface area contributed by atoms with Gasteiger partial charge in [-0.3, -0.25) is 36.8 Å². The van der Waals surface area contributed by atoms with E-state index in [9.17, 15) is 9.59 Å². The first-order valence-corrected chi connectivity index (χ1v) is 31.1. The molecule has 8 aromatic heterocycles. The van der Waals surface area contributed by atoms with Crippen LogP contribution in [0.2, 0.25) is 0 Å². The van der Waals surface area contributed by atoms with Crippen LogP contribution in [-0.2, 0) is 21.7 Å². The van der Waals surface area contributed by atoms with E-state index in [0.29, 0.717) is 55.2 Å². The van der Waals surface area contributed by atoms with Crippen molar-refractivity contribution in [2.75, 3.05) is 0 Å². The summed E-state index contributed by atoms with van der Waals surface area (Å²) < 4.78 is 7.10. The van der Waals surface area contributed by atoms with Gasteiger partial charge in [0, 0.05) is 75.5 Å². The number of pyridine rings is 4. The summed E-state index contributed by atoms with van der Waals surface area (Å²) in [5, 5.41) is 8.33. The smallest absolute Gasteiger partial charge is 0.264 e. The lowest BCUT2D eigenvalue weighted by Gasteiger charge is -2.51. The zero-order chi connectivity index (χ0) is 59.4. The van der Waals surface area contributed by atoms with E-state index >= 15 is 9.59 Å². The van der Waals surface area contributed by atoms with Crippen LogP contribution >= 0.6 is 0 Å². The SMILES string of the molecule is CCC(C)(CC)c1ccc2nc3c4ccc5c(=O)n6c7cc(C(CC)(CC)C(CC)(CC)c8ccc9nc%10c%11ccc%12c%13c(ccc(c(=O)n%10c9c8)c%11%13)c(=O)n8c9cc(C(C)(CC)CC)ccc9nc%128)ccc7nc6c6ccc(c(=O)n3c2c1)c4c56. The van der Waals surface area contributed by atoms with E-state index in [1.807, 2.05) is 48.5 Å². The molecule has 0 aliphatic carbocycles. The fourth-order valence-corrected chi connectivity index (χ4v) is 16.7. The van der Waals surface area contributed by atoms with E-state index in [1.165, 1.54) is 11.1 Å². The number of aromatic nitrogens is 8. The average Bonchev–Trinajstić information content (AvgIpc) is 1.37. The lowest BCUT2D eigenvalue weighted by atomic mass is 9.52. The van der Waals surface area contributed by atoms with E-state index in [4.69, 9.17) is 19.9 Å². The molecule has 16 rings (SSSR count). The Hall–Kier alpha value is -9.16. The third-order valence-corrected chi connectivity index (χ3v) is 22.6. The van der Waals surface area contributed by atoms with Crippen LogP contribution in [0.15, 0.2) is 141 Å². The summed E-state index contributed by atoms with van der Waals surface area (Å²) in [6.45, 7) is 22.5. The van der Waals surface area contributed by atoms with Gasteiger partial charge < -0.3 is 0 Å². The molecule has 0 aliphatic rings. The second kappa shape index (κ2) is 17.7. The summed E-state index contributed by atoms with van der Waals surface area (Å²) in [6.07, 6.45) is 7.06. The molecular formula is C74H66N8O4. The molecule has 16 aromatic rings. The van der Waals surface area contributed by atoms with Gasteiger partial charge in [-0.15, -0.1) is 0 Å². The largest absolute Gasteiger partial charge is 0.268 e. The van der Waals surface area contributed by atoms with Gasteiger partial charge in [-0.2, -0.15) is 0 Å². The summed E-state index contributed by atoms with van der Waals surface area (Å²) in [5.41, 5.74) is 11.2. The summed E-state index contributed by atoms with van der Waals surface area (Å²) in [5.74, 6) is 0. The zero-order valence-electron chi connectivity index (χ0n) is 50.4. The molecule has 0 unspecified atom stereocenters. The van der Waals surface area contributed by atoms with Gasteiger partial charge in [-0.1, -0.05) is 93.5 Å². The molecule has 0 amide bonds. The molecule has 8 heterocycles. The zero-order valence-corrected chi connectivity index (χ0v) is 50.4. The quantitative estimate of drug-likeness (QED) is 0.104. The van der Waals surface area contributed by atoms with Gasteiger partial charge >= 0.3 is 0 Å². The van der Waals surface area contributed by atoms with Crippen molar-refractivity contribution >= 4 is 131 Å². The van der Waals surface area contributed by atoms with Gasteiger partial charge in [0.25, 0.3) is 22.2 Å². The van der Waals surface area contributed by atoms with Gasteiger partial charge in [0.2, 0.25) is 0 Å². The van der Waals surface area contributed by atoms with Crippen molar-refractivity contribution in [3.8, 4) is 0 Å². The highest BCUT2D eigenvalue weighted by Crippen LogP contribution is 2.54. The van der Waals surface area contributed by atoms with Crippen molar-refractivity contribution < 1.29 is 0 Å². The lowest BCUT2D eigenvalue weighted by molar-refractivity contribution is 0.177. The molecule has 0 saturated carbocycles. The Labute approximate surface area is 493 Å². The van der Waals surface area contributed by atoms with Crippen LogP contribution in [0, 0.1) is 0 Å². The summed E-state index contributed by atoms with van der Waals surface area (Å²) >= 11 is 0. The van der Waals surface area contributed by atoms with E-state index in [2.05, 4.69) is 142 Å². The van der Waals surface area contributed by atoms with Crippen LogP contribution in [0.3, 0.4) is 0 Å². The summed E-state index contributed by atoms with van der Waals surface area (Å²) in [4.78, 5) is 81.0. The standard InChI is InChI=1S/C74H66N8O4/c1-11-71(9,12-2)39-19-31-51-55(35-39)79-63(75-51)43-23-24-44-60-50(30-29-49(59(43)60)69(79)85)70(86)81-57-37-41(21-33-53(57)77-64(44)81)73(15-5,16-6)74(17-7,18-8)42-22-34-54-58(38-42)82-66(78-54)46-26-27-47-61-45(25-28-48(62(46)61)68(82)84)65-76-52-32-20-40(72(10,13-3)14-4)36-56(52)80(65)67(47)83/h19-38H,11-18H2,1-10H3. The highest BCUT2D eigenvalue weighted by atomic mass is 16.1. The number of hydrogen-bond donors (Lipinski definition) is 0. The van der Waals surface area contributed by atoms with E-state index in [-0.39, 0.29) is 33.1 Å². The van der Waals surface area contributed by atoms with Gasteiger partial charge in [-0.25, -0.2) is 19.9 Å². The molecule has 0 fully saturated rings. The third kappa shape index (κ3) is 6.23. The Balaban J connectivity index is 0.851. The van der Waals surface area contributed by atoms with Crippen molar-refractivity contribution in [1.29, 1.82) is 0 Å². The first-order valence-electron chi connectivity index (χ1n) is 31.1. The van der Waals surface area contributed by atoms with Crippen molar-refractivity contribution in [2.45, 2.75) is 142 Å². The molecule has 426 valence electrons. The number of benzene rings is 8. The highest BCUT2D eigenvalue weighted by molar-refractivity contribution is 6.29. The maximum atomic E-state index is 15.3. The van der Waals surface area contributed by atoms with Crippen molar-refractivity contribution in [3.63, 3.8) is 0 Å². The maximum absolute atomic E-state index is 15.3. The minimum absolute atomic E-state index is 0.0360. The first-order chi connectivity index (χ1) is 41.6. The molecule has 0 spiro atoms. The van der Waals surface area contributed by atoms with Crippen LogP contribution in [0.25, 0.3) is 131 Å². The first kappa shape index (κ1) is 52.4. The number of rotatable bonds is 13. The van der Waals surface area contributed by atoms with Crippen molar-refractivity contribution in [1.82, 2.24) is 37.5 Å². The molecule has 12 nitrogen and oxygen atoms in total. The predicted molar refractivity (Wildman–Crippen MR) is 353 cm³/mol. The fraction of sp³-hybridized carbons (Fsp3) is 0.297. The molecule has 0 radical (unpaired) electrons. The molecule has 86 heavy (non-hydrogen) atoms. The molecule has 0 N–H and O–H groups in total. The Morgan fingerprint density at radius 2 is 0.512 bits per heavy atom. The van der Waals surface area contributed by atoms with Gasteiger partial charge in [0.15, 0.2) is 0 Å². The van der Waals surface area contributed by atoms with Crippen LogP contribution < -0.4 is 22.2 Å². The summed E-state index contributed by atoms with van der Waals surface area (Å²) in [6, 6.07) is 41.2. The van der Waals surface area contributed by atoms with Gasteiger partial charge in [0.05, 0.1) is 44.1 Å². The molecule has 8 aromatic carbocycles. The van der Waals surface area contributed by atoms with E-state index < -0.39 is 10.8 Å². The van der Waals surface area contributed by atoms with E-state index in [1.54, 1.807) is 17.6 Å². The Bertz CT molecular complexity index is 5550. The molecule has 12 heteroatoms. The second-order valence-electron chi connectivity index (χ2n) is 25.4. The predicted octanol–water partition coefficient (Wildman–Crippen LogP) is 16.0. The number of fused-ring (bicyclic) bond motifs is 16. The van der Waals surface area contributed by atoms with Gasteiger partial charge in [0.1, 0.15) is 22.6 Å². The molecular weight excluding hydrogens is 1060 g/mol. The Morgan fingerprint density at radius 3 is 0.744 bits per heavy atom. The summed E-state index contributed by atoms with van der Waals surface area (Å²) in [7, 11) is 0. The monoisotopic (exact) mass is 1130 g/mol. The maximum Gasteiger partial charge on any atom is 0.264 e. The van der Waals surface area contributed by atoms with Crippen LogP contribution in [-0.4, -0.2) is 37.5 Å². The number of imidazole rings is 4. The number of hydrogen-bond acceptors (Lipinski definition) is 8. The highest BCUT2D eigenvalue weighted by Gasteiger charge is 2.49.